The first-order valence-electron chi connectivity index (χ1n) is 7.69. The summed E-state index contributed by atoms with van der Waals surface area (Å²) >= 11 is 0. The first-order valence-corrected chi connectivity index (χ1v) is 9.09. The van der Waals surface area contributed by atoms with E-state index in [2.05, 4.69) is 27.7 Å². The fraction of sp³-hybridized carbons (Fsp3) is 0.444. The van der Waals surface area contributed by atoms with Gasteiger partial charge in [0.2, 0.25) is 0 Å². The second-order valence-corrected chi connectivity index (χ2v) is 8.12. The van der Waals surface area contributed by atoms with Crippen molar-refractivity contribution < 1.29 is 42.5 Å². The van der Waals surface area contributed by atoms with Crippen LogP contribution in [-0.2, 0) is 23.0 Å². The second kappa shape index (κ2) is 8.13. The molecule has 23 heavy (non-hydrogen) atoms. The summed E-state index contributed by atoms with van der Waals surface area (Å²) in [6.45, 7) is 8.43. The van der Waals surface area contributed by atoms with Gasteiger partial charge < -0.3 is 4.55 Å². The zero-order valence-corrected chi connectivity index (χ0v) is 17.4. The van der Waals surface area contributed by atoms with Crippen molar-refractivity contribution in [3.05, 3.63) is 41.5 Å². The summed E-state index contributed by atoms with van der Waals surface area (Å²) in [5.74, 6) is 0.855. The molecule has 0 spiro atoms. The third kappa shape index (κ3) is 5.30. The van der Waals surface area contributed by atoms with Crippen molar-refractivity contribution in [3.8, 4) is 0 Å². The predicted molar refractivity (Wildman–Crippen MR) is 89.0 cm³/mol. The van der Waals surface area contributed by atoms with Crippen molar-refractivity contribution in [2.75, 3.05) is 0 Å². The van der Waals surface area contributed by atoms with Gasteiger partial charge in [-0.2, -0.15) is 0 Å². The Bertz CT molecular complexity index is 780. The molecule has 0 unspecified atom stereocenters. The van der Waals surface area contributed by atoms with Gasteiger partial charge in [0.25, 0.3) is 0 Å². The summed E-state index contributed by atoms with van der Waals surface area (Å²) in [5, 5.41) is 1.95. The molecule has 2 aromatic carbocycles. The maximum atomic E-state index is 11.5. The van der Waals surface area contributed by atoms with E-state index in [1.165, 1.54) is 0 Å². The third-order valence-corrected chi connectivity index (χ3v) is 4.50. The van der Waals surface area contributed by atoms with Crippen molar-refractivity contribution in [3.63, 3.8) is 0 Å². The average molecular weight is 342 g/mol. The molecule has 0 heterocycles. The van der Waals surface area contributed by atoms with Crippen molar-refractivity contribution in [1.82, 2.24) is 0 Å². The van der Waals surface area contributed by atoms with Crippen molar-refractivity contribution in [1.29, 1.82) is 0 Å². The van der Waals surface area contributed by atoms with E-state index in [4.69, 9.17) is 0 Å². The summed E-state index contributed by atoms with van der Waals surface area (Å²) in [6, 6.07) is 9.12. The van der Waals surface area contributed by atoms with Gasteiger partial charge in [0.15, 0.2) is 0 Å². The molecule has 0 bridgehead atoms. The Morgan fingerprint density at radius 3 is 2.00 bits per heavy atom. The summed E-state index contributed by atoms with van der Waals surface area (Å²) in [4.78, 5) is -0.119. The van der Waals surface area contributed by atoms with Crippen LogP contribution in [0.1, 0.15) is 38.8 Å². The predicted octanol–water partition coefficient (Wildman–Crippen LogP) is 1.14. The molecule has 5 heteroatoms. The van der Waals surface area contributed by atoms with Crippen LogP contribution in [0.15, 0.2) is 35.2 Å². The molecule has 0 aliphatic carbocycles. The Labute approximate surface area is 161 Å². The van der Waals surface area contributed by atoms with Gasteiger partial charge in [0.05, 0.1) is 4.90 Å². The van der Waals surface area contributed by atoms with Crippen LogP contribution < -0.4 is 29.6 Å². The normalized spacial score (nSPS) is 12.0. The smallest absolute Gasteiger partial charge is 0.744 e. The molecule has 0 aromatic heterocycles. The maximum absolute atomic E-state index is 11.5. The first kappa shape index (κ1) is 20.7. The van der Waals surface area contributed by atoms with Gasteiger partial charge in [0, 0.05) is 0 Å². The van der Waals surface area contributed by atoms with Gasteiger partial charge in [-0.3, -0.25) is 0 Å². The molecule has 2 aromatic rings. The van der Waals surface area contributed by atoms with Gasteiger partial charge in [-0.15, -0.1) is 0 Å². The number of rotatable bonds is 5. The average Bonchev–Trinajstić information content (AvgIpc) is 2.37. The van der Waals surface area contributed by atoms with Crippen LogP contribution in [0.2, 0.25) is 0 Å². The molecule has 0 atom stereocenters. The Balaban J connectivity index is 0.00000264. The van der Waals surface area contributed by atoms with Gasteiger partial charge in [-0.1, -0.05) is 45.9 Å². The van der Waals surface area contributed by atoms with E-state index in [0.717, 1.165) is 34.7 Å². The largest absolute Gasteiger partial charge is 1.00 e. The van der Waals surface area contributed by atoms with Crippen LogP contribution in [0.25, 0.3) is 10.8 Å². The van der Waals surface area contributed by atoms with Crippen LogP contribution in [0.5, 0.6) is 0 Å². The molecule has 0 fully saturated rings. The molecule has 0 aliphatic heterocycles. The SMILES string of the molecule is CC(C)Cc1cc(S(=O)(=O)[O-])cc2c(CC(C)C)cccc12.[Na+]. The molecule has 0 saturated carbocycles. The Morgan fingerprint density at radius 1 is 0.913 bits per heavy atom. The Kier molecular flexibility index (Phi) is 7.30. The van der Waals surface area contributed by atoms with Gasteiger partial charge in [-0.05, 0) is 58.7 Å². The minimum absolute atomic E-state index is 0. The first-order chi connectivity index (χ1) is 10.2. The van der Waals surface area contributed by atoms with E-state index in [9.17, 15) is 13.0 Å². The van der Waals surface area contributed by atoms with E-state index >= 15 is 0 Å². The number of benzene rings is 2. The van der Waals surface area contributed by atoms with Crippen LogP contribution in [0.3, 0.4) is 0 Å². The number of hydrogen-bond donors (Lipinski definition) is 0. The Hall–Kier alpha value is -0.390. The van der Waals surface area contributed by atoms with Crippen LogP contribution in [0.4, 0.5) is 0 Å². The monoisotopic (exact) mass is 342 g/mol. The van der Waals surface area contributed by atoms with Gasteiger partial charge in [-0.25, -0.2) is 8.42 Å². The van der Waals surface area contributed by atoms with Crippen LogP contribution in [0, 0.1) is 11.8 Å². The minimum Gasteiger partial charge on any atom is -0.744 e. The molecular formula is C18H23NaO3S. The third-order valence-electron chi connectivity index (χ3n) is 3.69. The minimum atomic E-state index is -4.45. The molecule has 2 rings (SSSR count). The zero-order chi connectivity index (χ0) is 16.5. The molecule has 3 nitrogen and oxygen atoms in total. The second-order valence-electron chi connectivity index (χ2n) is 6.74. The van der Waals surface area contributed by atoms with Crippen LogP contribution >= 0.6 is 0 Å². The maximum Gasteiger partial charge on any atom is 1.00 e. The quantitative estimate of drug-likeness (QED) is 0.605. The van der Waals surface area contributed by atoms with Gasteiger partial charge in [0.1, 0.15) is 10.1 Å². The van der Waals surface area contributed by atoms with E-state index in [1.54, 1.807) is 12.1 Å². The molecule has 0 saturated heterocycles. The topological polar surface area (TPSA) is 57.2 Å². The fourth-order valence-electron chi connectivity index (χ4n) is 2.87. The van der Waals surface area contributed by atoms with Crippen molar-refractivity contribution in [2.45, 2.75) is 45.4 Å². The van der Waals surface area contributed by atoms with Gasteiger partial charge >= 0.3 is 29.6 Å². The van der Waals surface area contributed by atoms with E-state index in [0.29, 0.717) is 11.8 Å². The summed E-state index contributed by atoms with van der Waals surface area (Å²) in [7, 11) is -4.45. The number of hydrogen-bond acceptors (Lipinski definition) is 3. The summed E-state index contributed by atoms with van der Waals surface area (Å²) < 4.78 is 34.5. The summed E-state index contributed by atoms with van der Waals surface area (Å²) in [5.41, 5.74) is 2.04. The van der Waals surface area contributed by atoms with E-state index in [1.807, 2.05) is 18.2 Å². The van der Waals surface area contributed by atoms with Crippen LogP contribution in [-0.4, -0.2) is 13.0 Å². The molecule has 0 N–H and O–H groups in total. The molecule has 0 amide bonds. The Morgan fingerprint density at radius 2 is 1.48 bits per heavy atom. The van der Waals surface area contributed by atoms with E-state index in [-0.39, 0.29) is 34.5 Å². The standard InChI is InChI=1S/C18H24O3S.Na/c1-12(2)8-14-6-5-7-17-15(9-13(3)4)10-16(11-18(14)17)22(19,20)21;/h5-7,10-13H,8-9H2,1-4H3,(H,19,20,21);/q;+1/p-1. The number of fused-ring (bicyclic) bond motifs is 1. The fourth-order valence-corrected chi connectivity index (χ4v) is 3.42. The molecular weight excluding hydrogens is 319 g/mol. The zero-order valence-electron chi connectivity index (χ0n) is 14.6. The van der Waals surface area contributed by atoms with E-state index < -0.39 is 10.1 Å². The molecule has 0 radical (unpaired) electrons. The summed E-state index contributed by atoms with van der Waals surface area (Å²) in [6.07, 6.45) is 1.62. The molecule has 120 valence electrons. The van der Waals surface area contributed by atoms with Crippen molar-refractivity contribution >= 4 is 20.9 Å². The van der Waals surface area contributed by atoms with Crippen molar-refractivity contribution in [2.24, 2.45) is 11.8 Å². The molecule has 0 aliphatic rings.